The van der Waals surface area contributed by atoms with Crippen LogP contribution in [-0.2, 0) is 14.6 Å². The highest BCUT2D eigenvalue weighted by atomic mass is 35.5. The van der Waals surface area contributed by atoms with Crippen molar-refractivity contribution in [2.75, 3.05) is 17.3 Å². The van der Waals surface area contributed by atoms with Gasteiger partial charge in [0.2, 0.25) is 5.91 Å². The zero-order chi connectivity index (χ0) is 13.8. The highest BCUT2D eigenvalue weighted by molar-refractivity contribution is 7.90. The van der Waals surface area contributed by atoms with Gasteiger partial charge in [-0.25, -0.2) is 13.4 Å². The molecule has 1 aromatic heterocycles. The molecule has 3 N–H and O–H groups in total. The fourth-order valence-electron chi connectivity index (χ4n) is 1.19. The maximum atomic E-state index is 11.6. The van der Waals surface area contributed by atoms with E-state index in [0.717, 1.165) is 6.26 Å². The summed E-state index contributed by atoms with van der Waals surface area (Å²) in [5, 5.41) is 2.78. The fourth-order valence-corrected chi connectivity index (χ4v) is 2.04. The minimum absolute atomic E-state index is 0.0729. The molecule has 0 saturated heterocycles. The first kappa shape index (κ1) is 14.9. The van der Waals surface area contributed by atoms with Crippen molar-refractivity contribution < 1.29 is 13.2 Å². The number of nitrogens with two attached hydrogens (primary N) is 1. The Kier molecular flexibility index (Phi) is 5.06. The van der Waals surface area contributed by atoms with Crippen molar-refractivity contribution in [3.05, 3.63) is 23.5 Å². The minimum Gasteiger partial charge on any atom is -0.325 e. The van der Waals surface area contributed by atoms with Crippen molar-refractivity contribution in [2.45, 2.75) is 12.5 Å². The van der Waals surface area contributed by atoms with E-state index in [0.29, 0.717) is 5.69 Å². The summed E-state index contributed by atoms with van der Waals surface area (Å²) in [4.78, 5) is 15.4. The number of pyridine rings is 1. The third-order valence-corrected chi connectivity index (χ3v) is 3.31. The molecule has 0 aliphatic heterocycles. The second kappa shape index (κ2) is 6.12. The molecule has 0 bridgehead atoms. The van der Waals surface area contributed by atoms with E-state index in [4.69, 9.17) is 17.3 Å². The van der Waals surface area contributed by atoms with Crippen LogP contribution in [0.5, 0.6) is 0 Å². The van der Waals surface area contributed by atoms with Gasteiger partial charge in [-0.1, -0.05) is 11.6 Å². The first-order valence-corrected chi connectivity index (χ1v) is 7.57. The maximum Gasteiger partial charge on any atom is 0.241 e. The molecule has 100 valence electrons. The van der Waals surface area contributed by atoms with Gasteiger partial charge in [-0.3, -0.25) is 4.79 Å². The van der Waals surface area contributed by atoms with Gasteiger partial charge in [-0.2, -0.15) is 0 Å². The summed E-state index contributed by atoms with van der Waals surface area (Å²) < 4.78 is 21.9. The van der Waals surface area contributed by atoms with Crippen molar-refractivity contribution in [1.29, 1.82) is 0 Å². The molecule has 0 aromatic carbocycles. The van der Waals surface area contributed by atoms with Crippen LogP contribution in [0, 0.1) is 0 Å². The Morgan fingerprint density at radius 1 is 1.61 bits per heavy atom. The zero-order valence-electron chi connectivity index (χ0n) is 9.76. The molecule has 1 atom stereocenters. The van der Waals surface area contributed by atoms with Crippen LogP contribution in [0.15, 0.2) is 18.3 Å². The van der Waals surface area contributed by atoms with E-state index in [1.807, 2.05) is 0 Å². The average Bonchev–Trinajstić information content (AvgIpc) is 2.24. The van der Waals surface area contributed by atoms with Gasteiger partial charge in [0.25, 0.3) is 0 Å². The number of sulfone groups is 1. The van der Waals surface area contributed by atoms with Crippen molar-refractivity contribution in [3.63, 3.8) is 0 Å². The van der Waals surface area contributed by atoms with Gasteiger partial charge >= 0.3 is 0 Å². The molecule has 1 unspecified atom stereocenters. The summed E-state index contributed by atoms with van der Waals surface area (Å²) in [5.41, 5.74) is 6.05. The van der Waals surface area contributed by atoms with Crippen LogP contribution in [-0.4, -0.2) is 37.4 Å². The predicted octanol–water partition coefficient (Wildman–Crippen LogP) is 0.436. The van der Waals surface area contributed by atoms with Crippen LogP contribution in [0.25, 0.3) is 0 Å². The summed E-state index contributed by atoms with van der Waals surface area (Å²) in [7, 11) is -3.12. The molecule has 1 amide bonds. The first-order chi connectivity index (χ1) is 8.28. The van der Waals surface area contributed by atoms with E-state index in [1.165, 1.54) is 12.3 Å². The Morgan fingerprint density at radius 2 is 2.28 bits per heavy atom. The molecular weight excluding hydrogens is 278 g/mol. The average molecular weight is 292 g/mol. The number of halogens is 1. The van der Waals surface area contributed by atoms with Crippen molar-refractivity contribution >= 4 is 33.0 Å². The lowest BCUT2D eigenvalue weighted by Gasteiger charge is -2.11. The molecule has 0 spiro atoms. The van der Waals surface area contributed by atoms with E-state index in [-0.39, 0.29) is 17.3 Å². The number of nitrogens with zero attached hydrogens (tertiary/aromatic N) is 1. The molecule has 8 heteroatoms. The smallest absolute Gasteiger partial charge is 0.241 e. The second-order valence-electron chi connectivity index (χ2n) is 3.88. The summed E-state index contributed by atoms with van der Waals surface area (Å²) in [6.45, 7) is 0. The highest BCUT2D eigenvalue weighted by Crippen LogP contribution is 2.12. The van der Waals surface area contributed by atoms with Gasteiger partial charge < -0.3 is 11.1 Å². The van der Waals surface area contributed by atoms with Crippen molar-refractivity contribution in [2.24, 2.45) is 5.73 Å². The topological polar surface area (TPSA) is 102 Å². The molecule has 0 saturated carbocycles. The third kappa shape index (κ3) is 5.44. The number of amides is 1. The number of carbonyl (C=O) groups is 1. The summed E-state index contributed by atoms with van der Waals surface area (Å²) in [6.07, 6.45) is 2.61. The Hall–Kier alpha value is -1.18. The lowest BCUT2D eigenvalue weighted by atomic mass is 10.2. The maximum absolute atomic E-state index is 11.6. The van der Waals surface area contributed by atoms with E-state index in [9.17, 15) is 13.2 Å². The Balaban J connectivity index is 2.55. The zero-order valence-corrected chi connectivity index (χ0v) is 11.3. The van der Waals surface area contributed by atoms with Gasteiger partial charge in [-0.15, -0.1) is 0 Å². The number of hydrogen-bond acceptors (Lipinski definition) is 5. The van der Waals surface area contributed by atoms with Crippen LogP contribution >= 0.6 is 11.6 Å². The molecule has 1 aromatic rings. The lowest BCUT2D eigenvalue weighted by molar-refractivity contribution is -0.117. The number of rotatable bonds is 5. The molecule has 0 fully saturated rings. The number of anilines is 1. The van der Waals surface area contributed by atoms with Gasteiger partial charge in [0.1, 0.15) is 15.0 Å². The van der Waals surface area contributed by atoms with E-state index in [2.05, 4.69) is 10.3 Å². The summed E-state index contributed by atoms with van der Waals surface area (Å²) in [5.74, 6) is -0.584. The molecule has 0 radical (unpaired) electrons. The predicted molar refractivity (Wildman–Crippen MR) is 70.2 cm³/mol. The monoisotopic (exact) mass is 291 g/mol. The van der Waals surface area contributed by atoms with Crippen LogP contribution in [0.4, 0.5) is 5.69 Å². The van der Waals surface area contributed by atoms with Gasteiger partial charge in [0, 0.05) is 18.1 Å². The number of nitrogens with one attached hydrogen (secondary N) is 1. The Bertz CT molecular complexity index is 533. The van der Waals surface area contributed by atoms with Crippen LogP contribution in [0.2, 0.25) is 5.15 Å². The number of aromatic nitrogens is 1. The SMILES string of the molecule is CS(=O)(=O)CCC(N)C(=O)Nc1ccnc(Cl)c1. The Morgan fingerprint density at radius 3 is 2.83 bits per heavy atom. The molecular formula is C10H14ClN3O3S. The largest absolute Gasteiger partial charge is 0.325 e. The van der Waals surface area contributed by atoms with Crippen molar-refractivity contribution in [1.82, 2.24) is 4.98 Å². The third-order valence-electron chi connectivity index (χ3n) is 2.13. The summed E-state index contributed by atoms with van der Waals surface area (Å²) >= 11 is 5.66. The number of hydrogen-bond donors (Lipinski definition) is 2. The fraction of sp³-hybridized carbons (Fsp3) is 0.400. The molecule has 6 nitrogen and oxygen atoms in total. The van der Waals surface area contributed by atoms with Gasteiger partial charge in [-0.05, 0) is 18.6 Å². The molecule has 18 heavy (non-hydrogen) atoms. The summed E-state index contributed by atoms with van der Waals surface area (Å²) in [6, 6.07) is 2.15. The lowest BCUT2D eigenvalue weighted by Crippen LogP contribution is -2.37. The molecule has 0 aliphatic carbocycles. The molecule has 1 rings (SSSR count). The minimum atomic E-state index is -3.12. The van der Waals surface area contributed by atoms with E-state index < -0.39 is 21.8 Å². The van der Waals surface area contributed by atoms with Crippen LogP contribution in [0.1, 0.15) is 6.42 Å². The van der Waals surface area contributed by atoms with Crippen LogP contribution < -0.4 is 11.1 Å². The normalized spacial score (nSPS) is 13.1. The van der Waals surface area contributed by atoms with Crippen molar-refractivity contribution in [3.8, 4) is 0 Å². The second-order valence-corrected chi connectivity index (χ2v) is 6.53. The highest BCUT2D eigenvalue weighted by Gasteiger charge is 2.16. The first-order valence-electron chi connectivity index (χ1n) is 5.13. The van der Waals surface area contributed by atoms with E-state index in [1.54, 1.807) is 6.07 Å². The van der Waals surface area contributed by atoms with E-state index >= 15 is 0 Å². The van der Waals surface area contributed by atoms with Gasteiger partial charge in [0.15, 0.2) is 0 Å². The molecule has 1 heterocycles. The molecule has 0 aliphatic rings. The standard InChI is InChI=1S/C10H14ClN3O3S/c1-18(16,17)5-3-8(12)10(15)14-7-2-4-13-9(11)6-7/h2,4,6,8H,3,5,12H2,1H3,(H,13,14,15). The van der Waals surface area contributed by atoms with Gasteiger partial charge in [0.05, 0.1) is 11.8 Å². The Labute approximate surface area is 110 Å². The number of carbonyl (C=O) groups excluding carboxylic acids is 1. The quantitative estimate of drug-likeness (QED) is 0.766. The van der Waals surface area contributed by atoms with Crippen LogP contribution in [0.3, 0.4) is 0 Å².